The molecule has 4 nitrogen and oxygen atoms in total. The molecule has 0 aliphatic carbocycles. The fourth-order valence-corrected chi connectivity index (χ4v) is 4.49. The summed E-state index contributed by atoms with van der Waals surface area (Å²) in [6.07, 6.45) is 4.48. The predicted molar refractivity (Wildman–Crippen MR) is 103 cm³/mol. The van der Waals surface area contributed by atoms with E-state index in [2.05, 4.69) is 19.2 Å². The van der Waals surface area contributed by atoms with Crippen molar-refractivity contribution in [1.29, 1.82) is 0 Å². The average molecular weight is 378 g/mol. The molecular weight excluding hydrogens is 345 g/mol. The van der Waals surface area contributed by atoms with Crippen LogP contribution in [-0.2, 0) is 14.3 Å². The molecule has 0 aromatic heterocycles. The molecule has 0 unspecified atom stereocenters. The van der Waals surface area contributed by atoms with Crippen LogP contribution in [0.1, 0.15) is 64.4 Å². The highest BCUT2D eigenvalue weighted by atomic mass is 19.1. The van der Waals surface area contributed by atoms with E-state index in [1.165, 1.54) is 12.1 Å². The first-order valence-electron chi connectivity index (χ1n) is 10.1. The molecule has 27 heavy (non-hydrogen) atoms. The SMILES string of the molecule is CC1(C)C[C@H]([C@@H](CCNC(=O)[C@@]2(C)CCCO2)c2ccc(F)cc2)CCO1. The average Bonchev–Trinajstić information content (AvgIpc) is 3.07. The molecule has 0 saturated carbocycles. The Labute approximate surface area is 161 Å². The summed E-state index contributed by atoms with van der Waals surface area (Å²) in [6.45, 7) is 8.11. The van der Waals surface area contributed by atoms with Crippen LogP contribution in [0.5, 0.6) is 0 Å². The Hall–Kier alpha value is -1.46. The summed E-state index contributed by atoms with van der Waals surface area (Å²) >= 11 is 0. The summed E-state index contributed by atoms with van der Waals surface area (Å²) in [7, 11) is 0. The summed E-state index contributed by atoms with van der Waals surface area (Å²) in [5.74, 6) is 0.482. The molecule has 1 N–H and O–H groups in total. The molecule has 3 atom stereocenters. The smallest absolute Gasteiger partial charge is 0.251 e. The standard InChI is InChI=1S/C22H32FNO3/c1-21(2)15-17(10-14-26-21)19(16-5-7-18(23)8-6-16)9-12-24-20(25)22(3)11-4-13-27-22/h5-8,17,19H,4,9-15H2,1-3H3,(H,24,25)/t17-,19+,22-/m1/s1. The highest BCUT2D eigenvalue weighted by Gasteiger charge is 2.38. The lowest BCUT2D eigenvalue weighted by atomic mass is 9.75. The van der Waals surface area contributed by atoms with Gasteiger partial charge in [-0.25, -0.2) is 4.39 Å². The van der Waals surface area contributed by atoms with Crippen molar-refractivity contribution in [1.82, 2.24) is 5.32 Å². The van der Waals surface area contributed by atoms with Crippen LogP contribution >= 0.6 is 0 Å². The van der Waals surface area contributed by atoms with E-state index in [-0.39, 0.29) is 23.2 Å². The van der Waals surface area contributed by atoms with Crippen LogP contribution in [0.4, 0.5) is 4.39 Å². The number of benzene rings is 1. The third kappa shape index (κ3) is 5.08. The van der Waals surface area contributed by atoms with Crippen LogP contribution in [-0.4, -0.2) is 36.9 Å². The number of amides is 1. The van der Waals surface area contributed by atoms with Crippen LogP contribution in [0.25, 0.3) is 0 Å². The fraction of sp³-hybridized carbons (Fsp3) is 0.682. The first-order chi connectivity index (χ1) is 12.8. The number of rotatable bonds is 6. The van der Waals surface area contributed by atoms with E-state index in [1.54, 1.807) is 0 Å². The molecule has 2 fully saturated rings. The Morgan fingerprint density at radius 2 is 1.96 bits per heavy atom. The highest BCUT2D eigenvalue weighted by Crippen LogP contribution is 2.40. The lowest BCUT2D eigenvalue weighted by Gasteiger charge is -2.39. The molecule has 1 amide bonds. The van der Waals surface area contributed by atoms with E-state index in [0.29, 0.717) is 19.1 Å². The molecule has 2 aliphatic heterocycles. The van der Waals surface area contributed by atoms with Gasteiger partial charge in [0.2, 0.25) is 0 Å². The van der Waals surface area contributed by atoms with E-state index in [1.807, 2.05) is 19.1 Å². The predicted octanol–water partition coefficient (Wildman–Crippen LogP) is 4.19. The van der Waals surface area contributed by atoms with Crippen LogP contribution < -0.4 is 5.32 Å². The fourth-order valence-electron chi connectivity index (χ4n) is 4.49. The maximum absolute atomic E-state index is 13.4. The van der Waals surface area contributed by atoms with E-state index >= 15 is 0 Å². The Kier molecular flexibility index (Phi) is 6.21. The van der Waals surface area contributed by atoms with Crippen molar-refractivity contribution in [3.05, 3.63) is 35.6 Å². The summed E-state index contributed by atoms with van der Waals surface area (Å²) < 4.78 is 24.9. The van der Waals surface area contributed by atoms with Gasteiger partial charge in [0.05, 0.1) is 5.60 Å². The van der Waals surface area contributed by atoms with Gasteiger partial charge in [0.1, 0.15) is 11.4 Å². The van der Waals surface area contributed by atoms with Gasteiger partial charge in [-0.2, -0.15) is 0 Å². The van der Waals surface area contributed by atoms with Gasteiger partial charge >= 0.3 is 0 Å². The number of carbonyl (C=O) groups excluding carboxylic acids is 1. The zero-order valence-corrected chi connectivity index (χ0v) is 16.7. The molecule has 1 aromatic rings. The van der Waals surface area contributed by atoms with Crippen molar-refractivity contribution >= 4 is 5.91 Å². The molecule has 1 aromatic carbocycles. The summed E-state index contributed by atoms with van der Waals surface area (Å²) in [5, 5.41) is 3.07. The lowest BCUT2D eigenvalue weighted by molar-refractivity contribution is -0.139. The van der Waals surface area contributed by atoms with Crippen molar-refractivity contribution in [2.75, 3.05) is 19.8 Å². The molecule has 0 spiro atoms. The topological polar surface area (TPSA) is 47.6 Å². The van der Waals surface area contributed by atoms with E-state index < -0.39 is 5.60 Å². The molecule has 0 radical (unpaired) electrons. The lowest BCUT2D eigenvalue weighted by Crippen LogP contribution is -2.44. The monoisotopic (exact) mass is 377 g/mol. The van der Waals surface area contributed by atoms with Gasteiger partial charge in [-0.3, -0.25) is 4.79 Å². The first kappa shape index (κ1) is 20.3. The quantitative estimate of drug-likeness (QED) is 0.809. The van der Waals surface area contributed by atoms with Gasteiger partial charge in [-0.05, 0) is 82.4 Å². The van der Waals surface area contributed by atoms with Gasteiger partial charge < -0.3 is 14.8 Å². The van der Waals surface area contributed by atoms with Crippen LogP contribution in [0.15, 0.2) is 24.3 Å². The molecular formula is C22H32FNO3. The molecule has 5 heteroatoms. The first-order valence-corrected chi connectivity index (χ1v) is 10.1. The Bertz CT molecular complexity index is 637. The van der Waals surface area contributed by atoms with Gasteiger partial charge in [0, 0.05) is 19.8 Å². The molecule has 150 valence electrons. The van der Waals surface area contributed by atoms with Gasteiger partial charge in [0.15, 0.2) is 0 Å². The van der Waals surface area contributed by atoms with Crippen molar-refractivity contribution in [3.8, 4) is 0 Å². The highest BCUT2D eigenvalue weighted by molar-refractivity contribution is 5.84. The molecule has 3 rings (SSSR count). The number of ether oxygens (including phenoxy) is 2. The van der Waals surface area contributed by atoms with Gasteiger partial charge in [0.25, 0.3) is 5.91 Å². The van der Waals surface area contributed by atoms with Crippen LogP contribution in [0, 0.1) is 11.7 Å². The van der Waals surface area contributed by atoms with Crippen molar-refractivity contribution in [2.45, 2.75) is 70.0 Å². The summed E-state index contributed by atoms with van der Waals surface area (Å²) in [4.78, 5) is 12.5. The maximum Gasteiger partial charge on any atom is 0.251 e. The third-order valence-corrected chi connectivity index (χ3v) is 6.04. The van der Waals surface area contributed by atoms with E-state index in [0.717, 1.165) is 44.3 Å². The Morgan fingerprint density at radius 3 is 2.59 bits per heavy atom. The minimum atomic E-state index is -0.688. The van der Waals surface area contributed by atoms with Crippen LogP contribution in [0.2, 0.25) is 0 Å². The number of nitrogens with one attached hydrogen (secondary N) is 1. The molecule has 2 saturated heterocycles. The second kappa shape index (κ2) is 8.27. The number of hydrogen-bond donors (Lipinski definition) is 1. The minimum Gasteiger partial charge on any atom is -0.376 e. The molecule has 2 aliphatic rings. The molecule has 2 heterocycles. The van der Waals surface area contributed by atoms with Gasteiger partial charge in [-0.15, -0.1) is 0 Å². The zero-order valence-electron chi connectivity index (χ0n) is 16.7. The van der Waals surface area contributed by atoms with Crippen LogP contribution in [0.3, 0.4) is 0 Å². The second-order valence-electron chi connectivity index (χ2n) is 8.75. The normalized spacial score (nSPS) is 28.7. The largest absolute Gasteiger partial charge is 0.376 e. The number of carbonyl (C=O) groups is 1. The zero-order chi connectivity index (χ0) is 19.5. The Morgan fingerprint density at radius 1 is 1.22 bits per heavy atom. The number of hydrogen-bond acceptors (Lipinski definition) is 3. The van der Waals surface area contributed by atoms with Crippen molar-refractivity contribution < 1.29 is 18.7 Å². The summed E-state index contributed by atoms with van der Waals surface area (Å²) in [6, 6.07) is 6.81. The van der Waals surface area contributed by atoms with Crippen molar-refractivity contribution in [2.24, 2.45) is 5.92 Å². The number of halogens is 1. The van der Waals surface area contributed by atoms with Gasteiger partial charge in [-0.1, -0.05) is 12.1 Å². The minimum absolute atomic E-state index is 0.0230. The molecule has 0 bridgehead atoms. The maximum atomic E-state index is 13.4. The second-order valence-corrected chi connectivity index (χ2v) is 8.75. The summed E-state index contributed by atoms with van der Waals surface area (Å²) in [5.41, 5.74) is 0.304. The third-order valence-electron chi connectivity index (χ3n) is 6.04. The van der Waals surface area contributed by atoms with E-state index in [4.69, 9.17) is 9.47 Å². The van der Waals surface area contributed by atoms with E-state index in [9.17, 15) is 9.18 Å². The van der Waals surface area contributed by atoms with Crippen molar-refractivity contribution in [3.63, 3.8) is 0 Å². The Balaban J connectivity index is 1.66.